The molecule has 0 aliphatic carbocycles. The van der Waals surface area contributed by atoms with E-state index < -0.39 is 46.4 Å². The summed E-state index contributed by atoms with van der Waals surface area (Å²) < 4.78 is 30.5. The second-order valence-corrected chi connectivity index (χ2v) is 8.65. The monoisotopic (exact) mass is 507 g/mol. The molecule has 1 aromatic heterocycles. The molecule has 4 rings (SSSR count). The van der Waals surface area contributed by atoms with Crippen molar-refractivity contribution in [3.05, 3.63) is 104 Å². The van der Waals surface area contributed by atoms with Crippen LogP contribution in [0.4, 0.5) is 8.78 Å². The van der Waals surface area contributed by atoms with Crippen LogP contribution in [0.2, 0.25) is 0 Å². The fourth-order valence-corrected chi connectivity index (χ4v) is 4.39. The molecule has 0 spiro atoms. The van der Waals surface area contributed by atoms with E-state index in [4.69, 9.17) is 0 Å². The number of rotatable bonds is 6. The van der Waals surface area contributed by atoms with Gasteiger partial charge >= 0.3 is 11.7 Å². The van der Waals surface area contributed by atoms with Crippen molar-refractivity contribution in [3.8, 4) is 11.1 Å². The minimum Gasteiger partial charge on any atom is -0.480 e. The summed E-state index contributed by atoms with van der Waals surface area (Å²) in [5, 5.41) is 13.2. The van der Waals surface area contributed by atoms with Crippen molar-refractivity contribution in [2.45, 2.75) is 19.4 Å². The van der Waals surface area contributed by atoms with Crippen LogP contribution in [0.5, 0.6) is 0 Å². The Bertz CT molecular complexity index is 1670. The van der Waals surface area contributed by atoms with E-state index in [9.17, 15) is 33.1 Å². The second-order valence-electron chi connectivity index (χ2n) is 8.65. The Morgan fingerprint density at radius 3 is 2.16 bits per heavy atom. The molecule has 8 nitrogen and oxygen atoms in total. The van der Waals surface area contributed by atoms with Crippen molar-refractivity contribution >= 4 is 22.6 Å². The van der Waals surface area contributed by atoms with Crippen LogP contribution in [0, 0.1) is 18.6 Å². The fraction of sp³-hybridized carbons (Fsp3) is 0.185. The SMILES string of the molecule is Cc1c(-c2cccc3c(C[C@H](NC(=O)c4c(F)cccc4F)C(=O)O)cccc23)c(=O)n(C)c(=O)n1C. The largest absolute Gasteiger partial charge is 0.480 e. The zero-order valence-electron chi connectivity index (χ0n) is 20.2. The molecule has 10 heteroatoms. The van der Waals surface area contributed by atoms with Gasteiger partial charge in [0, 0.05) is 26.2 Å². The number of aliphatic carboxylic acids is 1. The Hall–Kier alpha value is -4.60. The first-order valence-corrected chi connectivity index (χ1v) is 11.3. The third kappa shape index (κ3) is 4.53. The summed E-state index contributed by atoms with van der Waals surface area (Å²) in [6.07, 6.45) is -0.192. The van der Waals surface area contributed by atoms with E-state index in [0.717, 1.165) is 22.8 Å². The summed E-state index contributed by atoms with van der Waals surface area (Å²) in [4.78, 5) is 49.9. The number of benzene rings is 3. The summed E-state index contributed by atoms with van der Waals surface area (Å²) in [5.41, 5.74) is 0.0753. The van der Waals surface area contributed by atoms with E-state index in [1.165, 1.54) is 11.6 Å². The predicted octanol–water partition coefficient (Wildman–Crippen LogP) is 2.92. The number of carboxylic acids is 1. The molecule has 3 aromatic carbocycles. The molecular formula is C27H23F2N3O5. The average Bonchev–Trinajstić information content (AvgIpc) is 2.86. The Labute approximate surface area is 209 Å². The number of nitrogens with one attached hydrogen (secondary N) is 1. The van der Waals surface area contributed by atoms with Crippen LogP contribution in [0.1, 0.15) is 21.6 Å². The fourth-order valence-electron chi connectivity index (χ4n) is 4.39. The highest BCUT2D eigenvalue weighted by Crippen LogP contribution is 2.30. The molecule has 1 amide bonds. The number of carboxylic acid groups (broad SMARTS) is 1. The molecule has 1 atom stereocenters. The van der Waals surface area contributed by atoms with Gasteiger partial charge in [0.15, 0.2) is 0 Å². The van der Waals surface area contributed by atoms with E-state index in [-0.39, 0.29) is 6.42 Å². The molecule has 0 radical (unpaired) electrons. The van der Waals surface area contributed by atoms with E-state index >= 15 is 0 Å². The molecule has 1 heterocycles. The van der Waals surface area contributed by atoms with E-state index in [1.54, 1.807) is 50.4 Å². The minimum atomic E-state index is -1.49. The highest BCUT2D eigenvalue weighted by atomic mass is 19.1. The molecule has 4 aromatic rings. The number of nitrogens with zero attached hydrogens (tertiary/aromatic N) is 2. The van der Waals surface area contributed by atoms with Gasteiger partial charge in [0.2, 0.25) is 0 Å². The quantitative estimate of drug-likeness (QED) is 0.417. The summed E-state index contributed by atoms with van der Waals surface area (Å²) in [6.45, 7) is 1.67. The van der Waals surface area contributed by atoms with Gasteiger partial charge < -0.3 is 15.0 Å². The molecule has 0 aliphatic heterocycles. The summed E-state index contributed by atoms with van der Waals surface area (Å²) >= 11 is 0. The van der Waals surface area contributed by atoms with Gasteiger partial charge in [-0.05, 0) is 41.0 Å². The predicted molar refractivity (Wildman–Crippen MR) is 134 cm³/mol. The van der Waals surface area contributed by atoms with Crippen LogP contribution in [0.3, 0.4) is 0 Å². The van der Waals surface area contributed by atoms with Gasteiger partial charge in [-0.15, -0.1) is 0 Å². The maximum absolute atomic E-state index is 14.0. The highest BCUT2D eigenvalue weighted by Gasteiger charge is 2.26. The standard InChI is InChI=1S/C27H23F2N3O5/c1-14-22(25(34)32(3)27(37)31(14)2)18-10-5-8-16-15(7-4-9-17(16)18)13-21(26(35)36)30-24(33)23-19(28)11-6-12-20(23)29/h4-12,21H,13H2,1-3H3,(H,30,33)(H,35,36)/t21-/m0/s1. The minimum absolute atomic E-state index is 0.192. The number of hydrogen-bond acceptors (Lipinski definition) is 4. The molecule has 0 bridgehead atoms. The van der Waals surface area contributed by atoms with Crippen molar-refractivity contribution in [2.24, 2.45) is 14.1 Å². The second kappa shape index (κ2) is 9.81. The molecule has 2 N–H and O–H groups in total. The van der Waals surface area contributed by atoms with Gasteiger partial charge in [0.05, 0.1) is 5.56 Å². The van der Waals surface area contributed by atoms with Crippen LogP contribution in [-0.2, 0) is 25.3 Å². The van der Waals surface area contributed by atoms with Crippen molar-refractivity contribution in [2.75, 3.05) is 0 Å². The van der Waals surface area contributed by atoms with Crippen LogP contribution >= 0.6 is 0 Å². The van der Waals surface area contributed by atoms with Crippen molar-refractivity contribution in [1.29, 1.82) is 0 Å². The first-order valence-electron chi connectivity index (χ1n) is 11.3. The number of halogens is 2. The number of aromatic nitrogens is 2. The Balaban J connectivity index is 1.79. The van der Waals surface area contributed by atoms with Crippen molar-refractivity contribution in [3.63, 3.8) is 0 Å². The van der Waals surface area contributed by atoms with Gasteiger partial charge in [0.25, 0.3) is 11.5 Å². The third-order valence-corrected chi connectivity index (χ3v) is 6.46. The summed E-state index contributed by atoms with van der Waals surface area (Å²) in [5.74, 6) is -4.79. The van der Waals surface area contributed by atoms with Crippen LogP contribution in [0.25, 0.3) is 21.9 Å². The van der Waals surface area contributed by atoms with E-state index in [1.807, 2.05) is 0 Å². The van der Waals surface area contributed by atoms with Gasteiger partial charge in [-0.25, -0.2) is 18.4 Å². The first kappa shape index (κ1) is 25.5. The summed E-state index contributed by atoms with van der Waals surface area (Å²) in [6, 6.07) is 11.7. The Morgan fingerprint density at radius 2 is 1.51 bits per heavy atom. The molecule has 0 fully saturated rings. The lowest BCUT2D eigenvalue weighted by molar-refractivity contribution is -0.139. The number of carbonyl (C=O) groups excluding carboxylic acids is 1. The van der Waals surface area contributed by atoms with E-state index in [0.29, 0.717) is 33.2 Å². The van der Waals surface area contributed by atoms with Crippen molar-refractivity contribution < 1.29 is 23.5 Å². The van der Waals surface area contributed by atoms with Crippen LogP contribution in [0.15, 0.2) is 64.2 Å². The van der Waals surface area contributed by atoms with E-state index in [2.05, 4.69) is 5.32 Å². The lowest BCUT2D eigenvalue weighted by Gasteiger charge is -2.18. The Kier molecular flexibility index (Phi) is 6.76. The molecular weight excluding hydrogens is 484 g/mol. The topological polar surface area (TPSA) is 110 Å². The van der Waals surface area contributed by atoms with Crippen LogP contribution in [-0.4, -0.2) is 32.2 Å². The smallest absolute Gasteiger partial charge is 0.330 e. The summed E-state index contributed by atoms with van der Waals surface area (Å²) in [7, 11) is 2.96. The van der Waals surface area contributed by atoms with Gasteiger partial charge in [-0.3, -0.25) is 14.2 Å². The molecule has 0 saturated heterocycles. The number of fused-ring (bicyclic) bond motifs is 1. The van der Waals surface area contributed by atoms with Gasteiger partial charge in [-0.2, -0.15) is 0 Å². The molecule has 190 valence electrons. The van der Waals surface area contributed by atoms with Crippen LogP contribution < -0.4 is 16.6 Å². The molecule has 0 aliphatic rings. The normalized spacial score (nSPS) is 11.9. The average molecular weight is 507 g/mol. The number of carbonyl (C=O) groups is 2. The zero-order valence-corrected chi connectivity index (χ0v) is 20.2. The maximum Gasteiger partial charge on any atom is 0.330 e. The maximum atomic E-state index is 14.0. The highest BCUT2D eigenvalue weighted by molar-refractivity contribution is 6.00. The zero-order chi connectivity index (χ0) is 27.0. The number of hydrogen-bond donors (Lipinski definition) is 2. The first-order chi connectivity index (χ1) is 17.5. The van der Waals surface area contributed by atoms with Gasteiger partial charge in [0.1, 0.15) is 23.2 Å². The lowest BCUT2D eigenvalue weighted by atomic mass is 9.93. The molecule has 37 heavy (non-hydrogen) atoms. The number of amides is 1. The third-order valence-electron chi connectivity index (χ3n) is 6.46. The van der Waals surface area contributed by atoms with Crippen molar-refractivity contribution in [1.82, 2.24) is 14.5 Å². The van der Waals surface area contributed by atoms with Gasteiger partial charge in [-0.1, -0.05) is 42.5 Å². The molecule has 0 unspecified atom stereocenters. The Morgan fingerprint density at radius 1 is 0.919 bits per heavy atom. The lowest BCUT2D eigenvalue weighted by Crippen LogP contribution is -2.43. The molecule has 0 saturated carbocycles.